The molecule has 0 unspecified atom stereocenters. The van der Waals surface area contributed by atoms with Gasteiger partial charge in [-0.05, 0) is 43.0 Å². The van der Waals surface area contributed by atoms with E-state index in [9.17, 15) is 13.6 Å². The summed E-state index contributed by atoms with van der Waals surface area (Å²) in [4.78, 5) is 13.5. The van der Waals surface area contributed by atoms with Crippen LogP contribution in [0.15, 0.2) is 24.3 Å². The Morgan fingerprint density at radius 1 is 1.38 bits per heavy atom. The van der Waals surface area contributed by atoms with E-state index in [4.69, 9.17) is 0 Å². The highest BCUT2D eigenvalue weighted by atomic mass is 19.3. The first kappa shape index (κ1) is 15.7. The molecule has 2 rings (SSSR count). The van der Waals surface area contributed by atoms with Gasteiger partial charge in [0, 0.05) is 13.6 Å². The van der Waals surface area contributed by atoms with Gasteiger partial charge in [-0.25, -0.2) is 0 Å². The van der Waals surface area contributed by atoms with Gasteiger partial charge in [0.15, 0.2) is 0 Å². The zero-order valence-electron chi connectivity index (χ0n) is 12.0. The quantitative estimate of drug-likeness (QED) is 0.800. The van der Waals surface area contributed by atoms with Gasteiger partial charge in [-0.3, -0.25) is 4.79 Å². The van der Waals surface area contributed by atoms with E-state index >= 15 is 0 Å². The van der Waals surface area contributed by atoms with Gasteiger partial charge in [-0.2, -0.15) is 8.78 Å². The fourth-order valence-corrected chi connectivity index (χ4v) is 1.98. The monoisotopic (exact) mass is 298 g/mol. The Hall–Kier alpha value is -1.69. The van der Waals surface area contributed by atoms with Crippen LogP contribution >= 0.6 is 0 Å². The maximum absolute atomic E-state index is 12.0. The fourth-order valence-electron chi connectivity index (χ4n) is 1.98. The molecule has 1 aromatic rings. The van der Waals surface area contributed by atoms with E-state index in [-0.39, 0.29) is 11.7 Å². The molecule has 21 heavy (non-hydrogen) atoms. The van der Waals surface area contributed by atoms with Crippen molar-refractivity contribution in [3.05, 3.63) is 29.8 Å². The number of amides is 1. The van der Waals surface area contributed by atoms with Crippen LogP contribution in [0.2, 0.25) is 0 Å². The summed E-state index contributed by atoms with van der Waals surface area (Å²) in [5, 5.41) is 3.15. The normalized spacial score (nSPS) is 14.3. The molecule has 0 atom stereocenters. The predicted molar refractivity (Wildman–Crippen MR) is 75.1 cm³/mol. The highest BCUT2D eigenvalue weighted by Gasteiger charge is 2.21. The van der Waals surface area contributed by atoms with Crippen molar-refractivity contribution < 1.29 is 18.3 Å². The molecular formula is C15H20F2N2O2. The summed E-state index contributed by atoms with van der Waals surface area (Å²) in [7, 11) is 1.73. The van der Waals surface area contributed by atoms with Crippen molar-refractivity contribution in [3.8, 4) is 5.75 Å². The SMILES string of the molecule is CN(Cc1ccc(OC(F)F)cc1)C(=O)CNCC1CC1. The average Bonchev–Trinajstić information content (AvgIpc) is 3.24. The van der Waals surface area contributed by atoms with Gasteiger partial charge in [0.25, 0.3) is 0 Å². The Kier molecular flexibility index (Phi) is 5.50. The summed E-state index contributed by atoms with van der Waals surface area (Å²) in [6.45, 7) is -1.14. The fraction of sp³-hybridized carbons (Fsp3) is 0.533. The lowest BCUT2D eigenvalue weighted by atomic mass is 10.2. The summed E-state index contributed by atoms with van der Waals surface area (Å²) in [5.41, 5.74) is 0.870. The molecule has 1 aliphatic rings. The lowest BCUT2D eigenvalue weighted by Gasteiger charge is -2.18. The summed E-state index contributed by atoms with van der Waals surface area (Å²) >= 11 is 0. The molecule has 0 saturated heterocycles. The van der Waals surface area contributed by atoms with E-state index in [1.165, 1.54) is 25.0 Å². The topological polar surface area (TPSA) is 41.6 Å². The molecule has 1 saturated carbocycles. The molecule has 0 bridgehead atoms. The number of carbonyl (C=O) groups excluding carboxylic acids is 1. The third-order valence-corrected chi connectivity index (χ3v) is 3.40. The number of hydrogen-bond acceptors (Lipinski definition) is 3. The van der Waals surface area contributed by atoms with Crippen LogP contribution in [0.4, 0.5) is 8.78 Å². The first-order valence-electron chi connectivity index (χ1n) is 7.03. The smallest absolute Gasteiger partial charge is 0.387 e. The van der Waals surface area contributed by atoms with Crippen LogP contribution in [0.1, 0.15) is 18.4 Å². The Labute approximate surface area is 123 Å². The minimum Gasteiger partial charge on any atom is -0.435 e. The maximum Gasteiger partial charge on any atom is 0.387 e. The third kappa shape index (κ3) is 5.67. The zero-order valence-corrected chi connectivity index (χ0v) is 12.0. The minimum absolute atomic E-state index is 0.0172. The molecule has 116 valence electrons. The molecule has 0 spiro atoms. The molecule has 1 aliphatic carbocycles. The summed E-state index contributed by atoms with van der Waals surface area (Å²) in [5.74, 6) is 0.878. The number of rotatable bonds is 8. The minimum atomic E-state index is -2.82. The molecule has 4 nitrogen and oxygen atoms in total. The average molecular weight is 298 g/mol. The highest BCUT2D eigenvalue weighted by Crippen LogP contribution is 2.27. The Morgan fingerprint density at radius 2 is 2.05 bits per heavy atom. The Morgan fingerprint density at radius 3 is 2.62 bits per heavy atom. The number of likely N-dealkylation sites (N-methyl/N-ethyl adjacent to an activating group) is 1. The number of alkyl halides is 2. The maximum atomic E-state index is 12.0. The van der Waals surface area contributed by atoms with Crippen molar-refractivity contribution in [2.24, 2.45) is 5.92 Å². The van der Waals surface area contributed by atoms with Crippen molar-refractivity contribution in [2.45, 2.75) is 26.0 Å². The number of hydrogen-bond donors (Lipinski definition) is 1. The number of carbonyl (C=O) groups is 1. The second-order valence-corrected chi connectivity index (χ2v) is 5.35. The lowest BCUT2D eigenvalue weighted by molar-refractivity contribution is -0.129. The molecular weight excluding hydrogens is 278 g/mol. The van der Waals surface area contributed by atoms with Crippen LogP contribution in [0.25, 0.3) is 0 Å². The van der Waals surface area contributed by atoms with Crippen LogP contribution in [-0.2, 0) is 11.3 Å². The van der Waals surface area contributed by atoms with Crippen molar-refractivity contribution in [2.75, 3.05) is 20.1 Å². The second-order valence-electron chi connectivity index (χ2n) is 5.35. The molecule has 1 aromatic carbocycles. The number of ether oxygens (including phenoxy) is 1. The van der Waals surface area contributed by atoms with Crippen LogP contribution in [0, 0.1) is 5.92 Å². The number of benzene rings is 1. The number of nitrogens with one attached hydrogen (secondary N) is 1. The predicted octanol–water partition coefficient (Wildman–Crippen LogP) is 2.25. The van der Waals surface area contributed by atoms with Gasteiger partial charge < -0.3 is 15.0 Å². The van der Waals surface area contributed by atoms with Crippen molar-refractivity contribution in [3.63, 3.8) is 0 Å². The van der Waals surface area contributed by atoms with Crippen LogP contribution < -0.4 is 10.1 Å². The van der Waals surface area contributed by atoms with Crippen LogP contribution in [-0.4, -0.2) is 37.6 Å². The molecule has 1 amide bonds. The summed E-state index contributed by atoms with van der Waals surface area (Å²) in [6.07, 6.45) is 2.51. The van der Waals surface area contributed by atoms with E-state index in [2.05, 4.69) is 10.1 Å². The van der Waals surface area contributed by atoms with Gasteiger partial charge >= 0.3 is 6.61 Å². The van der Waals surface area contributed by atoms with Gasteiger partial charge in [0.1, 0.15) is 5.75 Å². The van der Waals surface area contributed by atoms with Crippen molar-refractivity contribution in [1.29, 1.82) is 0 Å². The van der Waals surface area contributed by atoms with E-state index in [1.54, 1.807) is 24.1 Å². The van der Waals surface area contributed by atoms with Crippen molar-refractivity contribution in [1.82, 2.24) is 10.2 Å². The van der Waals surface area contributed by atoms with Gasteiger partial charge in [0.05, 0.1) is 6.54 Å². The standard InChI is InChI=1S/C15H20F2N2O2/c1-19(14(20)9-18-8-11-2-3-11)10-12-4-6-13(7-5-12)21-15(16)17/h4-7,11,15,18H,2-3,8-10H2,1H3. The first-order chi connectivity index (χ1) is 10.0. The Bertz CT molecular complexity index is 461. The second kappa shape index (κ2) is 7.36. The van der Waals surface area contributed by atoms with Crippen LogP contribution in [0.3, 0.4) is 0 Å². The summed E-state index contributed by atoms with van der Waals surface area (Å²) in [6, 6.07) is 6.31. The zero-order chi connectivity index (χ0) is 15.2. The van der Waals surface area contributed by atoms with E-state index in [1.807, 2.05) is 0 Å². The lowest BCUT2D eigenvalue weighted by Crippen LogP contribution is -2.35. The molecule has 1 fully saturated rings. The molecule has 1 N–H and O–H groups in total. The van der Waals surface area contributed by atoms with Crippen LogP contribution in [0.5, 0.6) is 5.75 Å². The molecule has 0 aromatic heterocycles. The highest BCUT2D eigenvalue weighted by molar-refractivity contribution is 5.77. The first-order valence-corrected chi connectivity index (χ1v) is 7.03. The molecule has 0 heterocycles. The van der Waals surface area contributed by atoms with E-state index in [0.29, 0.717) is 13.1 Å². The molecule has 0 aliphatic heterocycles. The third-order valence-electron chi connectivity index (χ3n) is 3.40. The van der Waals surface area contributed by atoms with Gasteiger partial charge in [-0.15, -0.1) is 0 Å². The Balaban J connectivity index is 1.75. The largest absolute Gasteiger partial charge is 0.435 e. The number of halogens is 2. The van der Waals surface area contributed by atoms with Crippen molar-refractivity contribution >= 4 is 5.91 Å². The summed E-state index contributed by atoms with van der Waals surface area (Å²) < 4.78 is 28.3. The van der Waals surface area contributed by atoms with E-state index in [0.717, 1.165) is 18.0 Å². The number of nitrogens with zero attached hydrogens (tertiary/aromatic N) is 1. The molecule has 0 radical (unpaired) electrons. The van der Waals surface area contributed by atoms with E-state index < -0.39 is 6.61 Å². The van der Waals surface area contributed by atoms with Gasteiger partial charge in [0.2, 0.25) is 5.91 Å². The van der Waals surface area contributed by atoms with Gasteiger partial charge in [-0.1, -0.05) is 12.1 Å². The molecule has 6 heteroatoms.